The van der Waals surface area contributed by atoms with E-state index in [0.717, 1.165) is 17.7 Å². The second-order valence-corrected chi connectivity index (χ2v) is 9.43. The molecule has 3 aromatic carbocycles. The Hall–Kier alpha value is -2.21. The van der Waals surface area contributed by atoms with Gasteiger partial charge in [-0.05, 0) is 34.7 Å². The first-order valence-corrected chi connectivity index (χ1v) is 11.6. The van der Waals surface area contributed by atoms with Crippen molar-refractivity contribution in [1.82, 2.24) is 0 Å². The van der Waals surface area contributed by atoms with Crippen molar-refractivity contribution >= 4 is 29.5 Å². The van der Waals surface area contributed by atoms with Crippen LogP contribution in [0.3, 0.4) is 0 Å². The quantitative estimate of drug-likeness (QED) is 0.621. The Kier molecular flexibility index (Phi) is 5.99. The van der Waals surface area contributed by atoms with Gasteiger partial charge in [0.15, 0.2) is 0 Å². The molecule has 3 aromatic rings. The molecule has 0 radical (unpaired) electrons. The molecule has 1 aliphatic rings. The highest BCUT2D eigenvalue weighted by Crippen LogP contribution is 2.53. The molecule has 2 atom stereocenters. The Morgan fingerprint density at radius 2 is 1.66 bits per heavy atom. The van der Waals surface area contributed by atoms with Gasteiger partial charge in [-0.3, -0.25) is 4.79 Å². The lowest BCUT2D eigenvalue weighted by Crippen LogP contribution is -2.36. The van der Waals surface area contributed by atoms with E-state index in [4.69, 9.17) is 5.73 Å². The summed E-state index contributed by atoms with van der Waals surface area (Å²) in [5.74, 6) is 0.359. The molecule has 0 saturated carbocycles. The van der Waals surface area contributed by atoms with Crippen molar-refractivity contribution in [3.63, 3.8) is 0 Å². The third-order valence-electron chi connectivity index (χ3n) is 5.27. The van der Waals surface area contributed by atoms with Crippen LogP contribution in [-0.4, -0.2) is 28.6 Å². The van der Waals surface area contributed by atoms with Gasteiger partial charge in [0.2, 0.25) is 0 Å². The maximum absolute atomic E-state index is 11.5. The molecule has 1 aliphatic heterocycles. The number of carboxylic acids is 1. The molecule has 148 valence electrons. The number of fused-ring (bicyclic) bond motifs is 2. The maximum atomic E-state index is 11.5. The number of rotatable bonds is 5. The molecule has 0 saturated heterocycles. The van der Waals surface area contributed by atoms with Gasteiger partial charge in [-0.15, -0.1) is 23.5 Å². The average Bonchev–Trinajstić information content (AvgIpc) is 2.75. The summed E-state index contributed by atoms with van der Waals surface area (Å²) in [6, 6.07) is 26.5. The molecule has 0 spiro atoms. The lowest BCUT2D eigenvalue weighted by atomic mass is 9.81. The fourth-order valence-electron chi connectivity index (χ4n) is 3.89. The van der Waals surface area contributed by atoms with Crippen LogP contribution < -0.4 is 5.73 Å². The minimum atomic E-state index is -0.970. The molecule has 3 nitrogen and oxygen atoms in total. The van der Waals surface area contributed by atoms with Gasteiger partial charge in [0.1, 0.15) is 6.04 Å². The molecule has 29 heavy (non-hydrogen) atoms. The van der Waals surface area contributed by atoms with Crippen LogP contribution >= 0.6 is 23.5 Å². The van der Waals surface area contributed by atoms with E-state index in [9.17, 15) is 9.90 Å². The maximum Gasteiger partial charge on any atom is 0.321 e. The first-order chi connectivity index (χ1) is 14.1. The molecule has 0 amide bonds. The van der Waals surface area contributed by atoms with Gasteiger partial charge in [-0.25, -0.2) is 0 Å². The summed E-state index contributed by atoms with van der Waals surface area (Å²) in [5, 5.41) is 9.41. The first-order valence-electron chi connectivity index (χ1n) is 9.61. The number of aliphatic carboxylic acids is 1. The van der Waals surface area contributed by atoms with E-state index in [2.05, 4.69) is 60.7 Å². The zero-order valence-electron chi connectivity index (χ0n) is 16.0. The number of aryl methyl sites for hydroxylation is 1. The molecule has 4 rings (SSSR count). The molecule has 0 aromatic heterocycles. The van der Waals surface area contributed by atoms with Crippen LogP contribution in [0, 0.1) is 0 Å². The minimum Gasteiger partial charge on any atom is -0.480 e. The number of carboxylic acid groups (broad SMARTS) is 1. The Morgan fingerprint density at radius 3 is 2.41 bits per heavy atom. The fourth-order valence-corrected chi connectivity index (χ4v) is 6.61. The van der Waals surface area contributed by atoms with Gasteiger partial charge in [0.05, 0.1) is 4.75 Å². The number of thioether (sulfide) groups is 2. The minimum absolute atomic E-state index is 0.317. The summed E-state index contributed by atoms with van der Waals surface area (Å²) in [6.45, 7) is 0. The van der Waals surface area contributed by atoms with Crippen LogP contribution in [0.25, 0.3) is 0 Å². The Balaban J connectivity index is 2.00. The fraction of sp³-hybridized carbons (Fsp3) is 0.208. The molecule has 0 fully saturated rings. The van der Waals surface area contributed by atoms with Crippen molar-refractivity contribution in [3.8, 4) is 0 Å². The number of hydrogen-bond donors (Lipinski definition) is 2. The van der Waals surface area contributed by atoms with E-state index < -0.39 is 16.8 Å². The average molecular weight is 422 g/mol. The van der Waals surface area contributed by atoms with Gasteiger partial charge in [-0.1, -0.05) is 72.8 Å². The summed E-state index contributed by atoms with van der Waals surface area (Å²) in [4.78, 5) is 12.7. The highest BCUT2D eigenvalue weighted by Gasteiger charge is 2.41. The van der Waals surface area contributed by atoms with Crippen molar-refractivity contribution in [2.75, 3.05) is 11.5 Å². The molecule has 5 heteroatoms. The van der Waals surface area contributed by atoms with Crippen molar-refractivity contribution in [2.24, 2.45) is 5.73 Å². The van der Waals surface area contributed by atoms with Gasteiger partial charge >= 0.3 is 5.97 Å². The van der Waals surface area contributed by atoms with Gasteiger partial charge in [0, 0.05) is 16.4 Å². The highest BCUT2D eigenvalue weighted by molar-refractivity contribution is 8.01. The van der Waals surface area contributed by atoms with E-state index in [0.29, 0.717) is 5.75 Å². The third kappa shape index (κ3) is 3.82. The zero-order chi connectivity index (χ0) is 20.3. The summed E-state index contributed by atoms with van der Waals surface area (Å²) >= 11 is 3.49. The normalized spacial score (nSPS) is 19.3. The largest absolute Gasteiger partial charge is 0.480 e. The highest BCUT2D eigenvalue weighted by atomic mass is 32.2. The lowest BCUT2D eigenvalue weighted by Gasteiger charge is -2.39. The third-order valence-corrected chi connectivity index (χ3v) is 7.98. The second-order valence-electron chi connectivity index (χ2n) is 7.05. The summed E-state index contributed by atoms with van der Waals surface area (Å²) in [5.41, 5.74) is 10.8. The van der Waals surface area contributed by atoms with Crippen LogP contribution in [0.1, 0.15) is 22.3 Å². The van der Waals surface area contributed by atoms with Crippen molar-refractivity contribution in [3.05, 3.63) is 101 Å². The van der Waals surface area contributed by atoms with Gasteiger partial charge in [0.25, 0.3) is 0 Å². The second kappa shape index (κ2) is 8.66. The van der Waals surface area contributed by atoms with E-state index >= 15 is 0 Å². The van der Waals surface area contributed by atoms with Crippen LogP contribution in [0.5, 0.6) is 0 Å². The standard InChI is InChI=1S/C24H23NO2S2/c25-21(23(26)27)16-29-24(18-9-2-1-3-10-18)19-11-5-4-8-17(19)14-15-28-22-13-7-6-12-20(22)24/h1-13,21H,14-16,25H2,(H,26,27)/t21-,24?/m0/s1. The summed E-state index contributed by atoms with van der Waals surface area (Å²) < 4.78 is -0.519. The zero-order valence-corrected chi connectivity index (χ0v) is 17.6. The molecule has 3 N–H and O–H groups in total. The molecular weight excluding hydrogens is 398 g/mol. The summed E-state index contributed by atoms with van der Waals surface area (Å²) in [6.07, 6.45) is 0.968. The van der Waals surface area contributed by atoms with Gasteiger partial charge < -0.3 is 10.8 Å². The monoisotopic (exact) mass is 421 g/mol. The van der Waals surface area contributed by atoms with E-state index in [1.807, 2.05) is 30.0 Å². The first kappa shape index (κ1) is 20.1. The van der Waals surface area contributed by atoms with Crippen molar-refractivity contribution in [2.45, 2.75) is 22.1 Å². The lowest BCUT2D eigenvalue weighted by molar-refractivity contribution is -0.137. The van der Waals surface area contributed by atoms with Crippen molar-refractivity contribution < 1.29 is 9.90 Å². The molecule has 0 bridgehead atoms. The predicted molar refractivity (Wildman–Crippen MR) is 122 cm³/mol. The Bertz CT molecular complexity index is 959. The Labute approximate surface area is 179 Å². The summed E-state index contributed by atoms with van der Waals surface area (Å²) in [7, 11) is 0. The van der Waals surface area contributed by atoms with Crippen LogP contribution in [0.4, 0.5) is 0 Å². The molecule has 0 aliphatic carbocycles. The Morgan fingerprint density at radius 1 is 1.00 bits per heavy atom. The van der Waals surface area contributed by atoms with Crippen LogP contribution in [0.15, 0.2) is 83.8 Å². The molecule has 1 heterocycles. The number of carbonyl (C=O) groups is 1. The van der Waals surface area contributed by atoms with Crippen LogP contribution in [-0.2, 0) is 16.0 Å². The van der Waals surface area contributed by atoms with Crippen molar-refractivity contribution in [1.29, 1.82) is 0 Å². The molecular formula is C24H23NO2S2. The SMILES string of the molecule is N[C@@H](CSC1(c2ccccc2)c2ccccc2CCSc2ccccc21)C(=O)O. The smallest absolute Gasteiger partial charge is 0.321 e. The topological polar surface area (TPSA) is 63.3 Å². The predicted octanol–water partition coefficient (Wildman–Crippen LogP) is 4.77. The van der Waals surface area contributed by atoms with E-state index in [1.54, 1.807) is 11.8 Å². The number of nitrogens with two attached hydrogens (primary N) is 1. The van der Waals surface area contributed by atoms with E-state index in [1.165, 1.54) is 21.6 Å². The number of hydrogen-bond acceptors (Lipinski definition) is 4. The van der Waals surface area contributed by atoms with Crippen LogP contribution in [0.2, 0.25) is 0 Å². The number of benzene rings is 3. The molecule has 1 unspecified atom stereocenters. The van der Waals surface area contributed by atoms with Gasteiger partial charge in [-0.2, -0.15) is 0 Å². The van der Waals surface area contributed by atoms with E-state index in [-0.39, 0.29) is 0 Å².